The summed E-state index contributed by atoms with van der Waals surface area (Å²) in [6, 6.07) is 1.79. The Hall–Kier alpha value is -2.90. The Morgan fingerprint density at radius 3 is 2.41 bits per heavy atom. The number of allylic oxidation sites excluding steroid dienone is 2. The van der Waals surface area contributed by atoms with E-state index >= 15 is 0 Å². The molecule has 8 heteroatoms. The lowest BCUT2D eigenvalue weighted by molar-refractivity contribution is -0.220. The van der Waals surface area contributed by atoms with Gasteiger partial charge in [0.15, 0.2) is 5.78 Å². The molecule has 1 aromatic rings. The number of ether oxygens (including phenoxy) is 3. The van der Waals surface area contributed by atoms with Crippen molar-refractivity contribution in [2.75, 3.05) is 13.7 Å². The topological polar surface area (TPSA) is 109 Å². The quantitative estimate of drug-likeness (QED) is 0.406. The molecule has 1 saturated carbocycles. The number of fused-ring (bicyclic) bond motifs is 1. The Kier molecular flexibility index (Phi) is 6.70. The molecule has 0 spiro atoms. The van der Waals surface area contributed by atoms with Crippen molar-refractivity contribution >= 4 is 23.7 Å². The van der Waals surface area contributed by atoms with Crippen LogP contribution in [0.5, 0.6) is 0 Å². The lowest BCUT2D eigenvalue weighted by Gasteiger charge is -2.63. The molecule has 0 unspecified atom stereocenters. The third-order valence-electron chi connectivity index (χ3n) is 9.96. The predicted octanol–water partition coefficient (Wildman–Crippen LogP) is 4.83. The van der Waals surface area contributed by atoms with Crippen LogP contribution in [0.3, 0.4) is 0 Å². The molecule has 0 aromatic carbocycles. The zero-order valence-electron chi connectivity index (χ0n) is 22.8. The molecule has 2 fully saturated rings. The summed E-state index contributed by atoms with van der Waals surface area (Å²) in [6.45, 7) is 11.1. The molecule has 8 nitrogen and oxygen atoms in total. The van der Waals surface area contributed by atoms with E-state index in [0.717, 1.165) is 5.56 Å². The average molecular weight is 515 g/mol. The second kappa shape index (κ2) is 9.14. The van der Waals surface area contributed by atoms with Crippen LogP contribution in [0.1, 0.15) is 72.5 Å². The van der Waals surface area contributed by atoms with E-state index in [0.29, 0.717) is 12.8 Å². The Bertz CT molecular complexity index is 1120. The third kappa shape index (κ3) is 4.03. The molecule has 1 aromatic heterocycles. The van der Waals surface area contributed by atoms with E-state index in [1.54, 1.807) is 24.7 Å². The molecule has 0 radical (unpaired) electrons. The minimum atomic E-state index is -1.09. The SMILES string of the molecule is COC(=O)[C@]1(C)[C@@H]([C@@]2(C)C=CC(=O)C(C)(C)[C@@H]2COC(C)=O)CC[C@]2(C)[C@H]1CC(=O)O[C@H]2c1ccoc1. The molecule has 1 aliphatic heterocycles. The van der Waals surface area contributed by atoms with Crippen molar-refractivity contribution in [2.24, 2.45) is 39.4 Å². The number of hydrogen-bond acceptors (Lipinski definition) is 8. The maximum absolute atomic E-state index is 13.8. The largest absolute Gasteiger partial charge is 0.472 e. The van der Waals surface area contributed by atoms with Gasteiger partial charge in [-0.3, -0.25) is 19.2 Å². The smallest absolute Gasteiger partial charge is 0.312 e. The van der Waals surface area contributed by atoms with E-state index < -0.39 is 45.6 Å². The van der Waals surface area contributed by atoms with Gasteiger partial charge in [0.05, 0.1) is 38.1 Å². The molecule has 0 amide bonds. The van der Waals surface area contributed by atoms with Crippen LogP contribution in [0.4, 0.5) is 0 Å². The van der Waals surface area contributed by atoms with Gasteiger partial charge in [-0.1, -0.05) is 33.8 Å². The van der Waals surface area contributed by atoms with Gasteiger partial charge in [0.25, 0.3) is 0 Å². The van der Waals surface area contributed by atoms with E-state index in [-0.39, 0.29) is 36.6 Å². The molecule has 0 N–H and O–H groups in total. The molecule has 2 heterocycles. The van der Waals surface area contributed by atoms with Crippen LogP contribution < -0.4 is 0 Å². The van der Waals surface area contributed by atoms with Crippen molar-refractivity contribution in [1.82, 2.24) is 0 Å². The summed E-state index contributed by atoms with van der Waals surface area (Å²) < 4.78 is 22.1. The second-order valence-corrected chi connectivity index (χ2v) is 12.2. The zero-order chi connectivity index (χ0) is 27.4. The number of ketones is 1. The highest BCUT2D eigenvalue weighted by Crippen LogP contribution is 2.68. The van der Waals surface area contributed by atoms with Gasteiger partial charge in [0.1, 0.15) is 6.10 Å². The second-order valence-electron chi connectivity index (χ2n) is 12.2. The number of rotatable bonds is 5. The van der Waals surface area contributed by atoms with Gasteiger partial charge in [-0.2, -0.15) is 0 Å². The average Bonchev–Trinajstić information content (AvgIpc) is 3.36. The van der Waals surface area contributed by atoms with Crippen LogP contribution in [-0.4, -0.2) is 37.4 Å². The number of methoxy groups -OCH3 is 1. The number of cyclic esters (lactones) is 1. The van der Waals surface area contributed by atoms with Crippen LogP contribution in [0.2, 0.25) is 0 Å². The van der Waals surface area contributed by atoms with Crippen LogP contribution in [0, 0.1) is 39.4 Å². The number of esters is 3. The zero-order valence-corrected chi connectivity index (χ0v) is 22.8. The maximum Gasteiger partial charge on any atom is 0.312 e. The van der Waals surface area contributed by atoms with Gasteiger partial charge in [0, 0.05) is 29.2 Å². The van der Waals surface area contributed by atoms with E-state index in [2.05, 4.69) is 6.92 Å². The highest BCUT2D eigenvalue weighted by atomic mass is 16.5. The lowest BCUT2D eigenvalue weighted by Crippen LogP contribution is -2.63. The van der Waals surface area contributed by atoms with Crippen LogP contribution >= 0.6 is 0 Å². The van der Waals surface area contributed by atoms with E-state index in [4.69, 9.17) is 18.6 Å². The van der Waals surface area contributed by atoms with Gasteiger partial charge in [0.2, 0.25) is 0 Å². The van der Waals surface area contributed by atoms with E-state index in [1.165, 1.54) is 14.0 Å². The van der Waals surface area contributed by atoms with Gasteiger partial charge < -0.3 is 18.6 Å². The van der Waals surface area contributed by atoms with Crippen molar-refractivity contribution in [3.63, 3.8) is 0 Å². The van der Waals surface area contributed by atoms with Crippen LogP contribution in [0.15, 0.2) is 35.2 Å². The molecule has 1 saturated heterocycles. The first-order valence-electron chi connectivity index (χ1n) is 12.9. The highest BCUT2D eigenvalue weighted by molar-refractivity contribution is 5.96. The summed E-state index contributed by atoms with van der Waals surface area (Å²) in [4.78, 5) is 51.6. The first-order valence-corrected chi connectivity index (χ1v) is 12.9. The van der Waals surface area contributed by atoms with Crippen molar-refractivity contribution < 1.29 is 37.8 Å². The fourth-order valence-corrected chi connectivity index (χ4v) is 7.91. The fourth-order valence-electron chi connectivity index (χ4n) is 7.91. The molecule has 2 aliphatic carbocycles. The molecule has 37 heavy (non-hydrogen) atoms. The fraction of sp³-hybridized carbons (Fsp3) is 0.655. The Morgan fingerprint density at radius 2 is 1.81 bits per heavy atom. The summed E-state index contributed by atoms with van der Waals surface area (Å²) in [5.74, 6) is -2.34. The van der Waals surface area contributed by atoms with Crippen molar-refractivity contribution in [2.45, 2.75) is 66.9 Å². The summed E-state index contributed by atoms with van der Waals surface area (Å²) in [7, 11) is 1.37. The van der Waals surface area contributed by atoms with E-state index in [1.807, 2.05) is 33.8 Å². The maximum atomic E-state index is 13.8. The Balaban J connectivity index is 1.87. The van der Waals surface area contributed by atoms with Gasteiger partial charge in [-0.05, 0) is 49.2 Å². The Morgan fingerprint density at radius 1 is 1.11 bits per heavy atom. The normalized spacial score (nSPS) is 38.9. The highest BCUT2D eigenvalue weighted by Gasteiger charge is 2.68. The number of carbonyl (C=O) groups excluding carboxylic acids is 4. The molecular formula is C29H38O8. The third-order valence-corrected chi connectivity index (χ3v) is 9.96. The summed E-state index contributed by atoms with van der Waals surface area (Å²) >= 11 is 0. The van der Waals surface area contributed by atoms with Crippen molar-refractivity contribution in [1.29, 1.82) is 0 Å². The number of furan rings is 1. The lowest BCUT2D eigenvalue weighted by atomic mass is 9.41. The first-order chi connectivity index (χ1) is 17.2. The standard InChI is InChI=1S/C29H38O8/c1-17(30)36-16-21-26(2,3)22(31)9-12-27(21,4)19-8-11-28(5)20(29(19,6)25(33)34-7)14-23(32)37-24(28)18-10-13-35-15-18/h9-10,12-13,15,19-21,24H,8,11,14,16H2,1-7H3/t19-,20-,21+,24+,27-,28-,29-/m1/s1. The van der Waals surface area contributed by atoms with E-state index in [9.17, 15) is 19.2 Å². The minimum absolute atomic E-state index is 0.0459. The monoisotopic (exact) mass is 514 g/mol. The van der Waals surface area contributed by atoms with Crippen molar-refractivity contribution in [3.8, 4) is 0 Å². The molecule has 0 bridgehead atoms. The summed E-state index contributed by atoms with van der Waals surface area (Å²) in [5, 5.41) is 0. The van der Waals surface area contributed by atoms with Crippen LogP contribution in [0.25, 0.3) is 0 Å². The Labute approximate surface area is 218 Å². The van der Waals surface area contributed by atoms with Crippen molar-refractivity contribution in [3.05, 3.63) is 36.3 Å². The van der Waals surface area contributed by atoms with Crippen LogP contribution in [-0.2, 0) is 33.4 Å². The molecule has 4 rings (SSSR count). The van der Waals surface area contributed by atoms with Gasteiger partial charge in [-0.15, -0.1) is 0 Å². The van der Waals surface area contributed by atoms with Gasteiger partial charge in [-0.25, -0.2) is 0 Å². The first kappa shape index (κ1) is 27.1. The number of hydrogen-bond donors (Lipinski definition) is 0. The molecular weight excluding hydrogens is 476 g/mol. The minimum Gasteiger partial charge on any atom is -0.472 e. The summed E-state index contributed by atoms with van der Waals surface area (Å²) in [6.07, 6.45) is 7.42. The summed E-state index contributed by atoms with van der Waals surface area (Å²) in [5.41, 5.74) is -2.42. The van der Waals surface area contributed by atoms with Gasteiger partial charge >= 0.3 is 17.9 Å². The number of carbonyl (C=O) groups is 4. The molecule has 202 valence electrons. The molecule has 7 atom stereocenters. The molecule has 3 aliphatic rings. The predicted molar refractivity (Wildman–Crippen MR) is 133 cm³/mol.